The molecule has 1 aromatic rings. The van der Waals surface area contributed by atoms with E-state index in [0.29, 0.717) is 0 Å². The van der Waals surface area contributed by atoms with Crippen molar-refractivity contribution in [3.8, 4) is 5.75 Å². The summed E-state index contributed by atoms with van der Waals surface area (Å²) in [6.07, 6.45) is 4.28. The van der Waals surface area contributed by atoms with E-state index >= 15 is 0 Å². The molecule has 0 spiro atoms. The molecule has 1 fully saturated rings. The number of benzene rings is 1. The van der Waals surface area contributed by atoms with Crippen LogP contribution in [0.4, 0.5) is 0 Å². The first-order valence-corrected chi connectivity index (χ1v) is 6.97. The number of nitrogens with zero attached hydrogens (tertiary/aromatic N) is 1. The number of rotatable bonds is 6. The molecule has 0 aromatic heterocycles. The number of amides is 1. The van der Waals surface area contributed by atoms with Gasteiger partial charge in [0, 0.05) is 6.54 Å². The molecule has 2 unspecified atom stereocenters. The van der Waals surface area contributed by atoms with Gasteiger partial charge in [0.15, 0.2) is 0 Å². The summed E-state index contributed by atoms with van der Waals surface area (Å²) in [5.41, 5.74) is 11.6. The van der Waals surface area contributed by atoms with Crippen molar-refractivity contribution in [1.82, 2.24) is 4.90 Å². The lowest BCUT2D eigenvalue weighted by Gasteiger charge is -2.35. The summed E-state index contributed by atoms with van der Waals surface area (Å²) in [5, 5.41) is 0. The molecule has 5 nitrogen and oxygen atoms in total. The molecule has 109 valence electrons. The van der Waals surface area contributed by atoms with Crippen molar-refractivity contribution in [3.05, 3.63) is 36.8 Å². The van der Waals surface area contributed by atoms with Crippen LogP contribution in [0.5, 0.6) is 5.75 Å². The number of ether oxygens (including phenoxy) is 1. The third-order valence-electron chi connectivity index (χ3n) is 3.49. The number of piperidine rings is 1. The van der Waals surface area contributed by atoms with E-state index in [9.17, 15) is 4.79 Å². The van der Waals surface area contributed by atoms with E-state index in [2.05, 4.69) is 6.42 Å². The fourth-order valence-electron chi connectivity index (χ4n) is 2.50. The molecule has 1 aliphatic rings. The molecule has 1 radical (unpaired) electrons. The van der Waals surface area contributed by atoms with Gasteiger partial charge in [-0.15, -0.1) is 0 Å². The average molecular weight is 276 g/mol. The van der Waals surface area contributed by atoms with Crippen LogP contribution in [0.25, 0.3) is 0 Å². The molecule has 0 aliphatic carbocycles. The molecule has 0 saturated carbocycles. The van der Waals surface area contributed by atoms with E-state index in [1.165, 1.54) is 0 Å². The molecular formula is C15H22N3O2. The Morgan fingerprint density at radius 2 is 2.10 bits per heavy atom. The van der Waals surface area contributed by atoms with Crippen molar-refractivity contribution in [2.45, 2.75) is 24.9 Å². The van der Waals surface area contributed by atoms with E-state index in [0.717, 1.165) is 31.7 Å². The molecule has 0 bridgehead atoms. The smallest absolute Gasteiger partial charge is 0.236 e. The second-order valence-corrected chi connectivity index (χ2v) is 5.06. The summed E-state index contributed by atoms with van der Waals surface area (Å²) >= 11 is 0. The third kappa shape index (κ3) is 3.95. The van der Waals surface area contributed by atoms with Crippen LogP contribution in [0.1, 0.15) is 12.8 Å². The van der Waals surface area contributed by atoms with E-state index in [1.54, 1.807) is 0 Å². The maximum absolute atomic E-state index is 11.7. The lowest BCUT2D eigenvalue weighted by atomic mass is 10.0. The number of carbonyl (C=O) groups is 1. The minimum Gasteiger partial charge on any atom is -0.492 e. The predicted molar refractivity (Wildman–Crippen MR) is 78.0 cm³/mol. The molecule has 2 atom stereocenters. The maximum Gasteiger partial charge on any atom is 0.236 e. The van der Waals surface area contributed by atoms with Gasteiger partial charge in [0.2, 0.25) is 5.91 Å². The Morgan fingerprint density at radius 3 is 2.70 bits per heavy atom. The monoisotopic (exact) mass is 276 g/mol. The van der Waals surface area contributed by atoms with Crippen molar-refractivity contribution in [2.75, 3.05) is 19.7 Å². The van der Waals surface area contributed by atoms with Crippen molar-refractivity contribution >= 4 is 5.91 Å². The molecule has 1 aromatic carbocycles. The van der Waals surface area contributed by atoms with Gasteiger partial charge in [-0.25, -0.2) is 0 Å². The van der Waals surface area contributed by atoms with E-state index in [4.69, 9.17) is 16.2 Å². The number of primary amides is 1. The van der Waals surface area contributed by atoms with Crippen LogP contribution in [0.3, 0.4) is 0 Å². The summed E-state index contributed by atoms with van der Waals surface area (Å²) < 4.78 is 5.62. The number of likely N-dealkylation sites (tertiary alicyclic amines) is 1. The number of hydrogen-bond donors (Lipinski definition) is 2. The van der Waals surface area contributed by atoms with Gasteiger partial charge in [0.1, 0.15) is 18.4 Å². The van der Waals surface area contributed by atoms with Crippen LogP contribution in [-0.4, -0.2) is 42.6 Å². The SMILES string of the molecule is NC(=O)C(C(N)COc1ccccc1)N1C[CH]CCC1. The van der Waals surface area contributed by atoms with Crippen LogP contribution >= 0.6 is 0 Å². The molecule has 1 heterocycles. The number of carbonyl (C=O) groups excluding carboxylic acids is 1. The zero-order valence-corrected chi connectivity index (χ0v) is 11.6. The van der Waals surface area contributed by atoms with Crippen molar-refractivity contribution in [2.24, 2.45) is 11.5 Å². The van der Waals surface area contributed by atoms with Gasteiger partial charge in [-0.1, -0.05) is 18.2 Å². The van der Waals surface area contributed by atoms with Gasteiger partial charge in [-0.05, 0) is 37.9 Å². The van der Waals surface area contributed by atoms with Crippen LogP contribution in [0.15, 0.2) is 30.3 Å². The van der Waals surface area contributed by atoms with Crippen molar-refractivity contribution in [1.29, 1.82) is 0 Å². The second-order valence-electron chi connectivity index (χ2n) is 5.06. The van der Waals surface area contributed by atoms with Gasteiger partial charge in [-0.3, -0.25) is 9.69 Å². The van der Waals surface area contributed by atoms with Gasteiger partial charge in [0.25, 0.3) is 0 Å². The number of nitrogens with two attached hydrogens (primary N) is 2. The van der Waals surface area contributed by atoms with Crippen LogP contribution in [0.2, 0.25) is 0 Å². The summed E-state index contributed by atoms with van der Waals surface area (Å²) in [6.45, 7) is 1.88. The zero-order valence-electron chi connectivity index (χ0n) is 11.6. The largest absolute Gasteiger partial charge is 0.492 e. The molecule has 1 saturated heterocycles. The molecule has 20 heavy (non-hydrogen) atoms. The summed E-state index contributed by atoms with van der Waals surface area (Å²) in [7, 11) is 0. The Balaban J connectivity index is 1.92. The Labute approximate surface area is 119 Å². The first kappa shape index (κ1) is 14.8. The highest BCUT2D eigenvalue weighted by molar-refractivity contribution is 5.80. The van der Waals surface area contributed by atoms with Crippen LogP contribution < -0.4 is 16.2 Å². The molecule has 1 amide bonds. The first-order valence-electron chi connectivity index (χ1n) is 6.97. The minimum absolute atomic E-state index is 0.272. The Kier molecular flexibility index (Phi) is 5.38. The molecule has 4 N–H and O–H groups in total. The van der Waals surface area contributed by atoms with Crippen LogP contribution in [0, 0.1) is 6.42 Å². The fraction of sp³-hybridized carbons (Fsp3) is 0.467. The number of hydrogen-bond acceptors (Lipinski definition) is 4. The van der Waals surface area contributed by atoms with E-state index in [-0.39, 0.29) is 12.5 Å². The minimum atomic E-state index is -0.477. The zero-order chi connectivity index (χ0) is 14.4. The normalized spacial score (nSPS) is 19.2. The average Bonchev–Trinajstić information content (AvgIpc) is 2.47. The Morgan fingerprint density at radius 1 is 1.35 bits per heavy atom. The lowest BCUT2D eigenvalue weighted by molar-refractivity contribution is -0.124. The fourth-order valence-corrected chi connectivity index (χ4v) is 2.50. The highest BCUT2D eigenvalue weighted by Gasteiger charge is 2.31. The Bertz CT molecular complexity index is 418. The quantitative estimate of drug-likeness (QED) is 0.795. The highest BCUT2D eigenvalue weighted by atomic mass is 16.5. The second kappa shape index (κ2) is 7.26. The third-order valence-corrected chi connectivity index (χ3v) is 3.49. The predicted octanol–water partition coefficient (Wildman–Crippen LogP) is 0.547. The maximum atomic E-state index is 11.7. The lowest BCUT2D eigenvalue weighted by Crippen LogP contribution is -2.58. The summed E-state index contributed by atoms with van der Waals surface area (Å²) in [6, 6.07) is 8.52. The van der Waals surface area contributed by atoms with Crippen molar-refractivity contribution in [3.63, 3.8) is 0 Å². The molecular weight excluding hydrogens is 254 g/mol. The van der Waals surface area contributed by atoms with Gasteiger partial charge in [0.05, 0.1) is 6.04 Å². The van der Waals surface area contributed by atoms with Crippen LogP contribution in [-0.2, 0) is 4.79 Å². The van der Waals surface area contributed by atoms with Gasteiger partial charge in [-0.2, -0.15) is 0 Å². The summed E-state index contributed by atoms with van der Waals surface area (Å²) in [4.78, 5) is 13.7. The standard InChI is InChI=1S/C15H22N3O2/c16-13(11-20-12-7-3-1-4-8-12)14(15(17)19)18-9-5-2-6-10-18/h1,3-5,7-8,13-14H,2,6,9-11,16H2,(H2,17,19). The molecule has 5 heteroatoms. The molecule has 1 aliphatic heterocycles. The highest BCUT2D eigenvalue weighted by Crippen LogP contribution is 2.14. The van der Waals surface area contributed by atoms with E-state index < -0.39 is 12.1 Å². The van der Waals surface area contributed by atoms with Crippen molar-refractivity contribution < 1.29 is 9.53 Å². The topological polar surface area (TPSA) is 81.6 Å². The van der Waals surface area contributed by atoms with Gasteiger partial charge >= 0.3 is 0 Å². The summed E-state index contributed by atoms with van der Waals surface area (Å²) in [5.74, 6) is 0.362. The van der Waals surface area contributed by atoms with E-state index in [1.807, 2.05) is 35.2 Å². The molecule has 2 rings (SSSR count). The first-order chi connectivity index (χ1) is 9.68. The van der Waals surface area contributed by atoms with Gasteiger partial charge < -0.3 is 16.2 Å². The number of para-hydroxylation sites is 1. The Hall–Kier alpha value is -1.59.